The number of rotatable bonds is 1. The second-order valence-electron chi connectivity index (χ2n) is 1.82. The van der Waals surface area contributed by atoms with Crippen molar-refractivity contribution in [1.29, 1.82) is 0 Å². The van der Waals surface area contributed by atoms with E-state index in [0.29, 0.717) is 10.0 Å². The molecule has 0 aliphatic rings. The smallest absolute Gasteiger partial charge is 0.0419 e. The molecule has 10 heavy (non-hydrogen) atoms. The van der Waals surface area contributed by atoms with Gasteiger partial charge in [0.1, 0.15) is 0 Å². The normalized spacial score (nSPS) is 9.50. The van der Waals surface area contributed by atoms with Crippen LogP contribution >= 0.6 is 23.2 Å². The van der Waals surface area contributed by atoms with Gasteiger partial charge in [0.2, 0.25) is 0 Å². The Labute approximate surface area is 70.0 Å². The molecule has 0 aromatic heterocycles. The highest BCUT2D eigenvalue weighted by Crippen LogP contribution is 2.29. The first-order valence-corrected chi connectivity index (χ1v) is 3.54. The fraction of sp³-hybridized carbons (Fsp3) is 0.143. The van der Waals surface area contributed by atoms with Gasteiger partial charge in [0, 0.05) is 10.0 Å². The maximum Gasteiger partial charge on any atom is 0.0419 e. The molecule has 0 N–H and O–H groups in total. The van der Waals surface area contributed by atoms with Gasteiger partial charge in [-0.05, 0) is 12.1 Å². The van der Waals surface area contributed by atoms with E-state index in [-0.39, 0.29) is 0 Å². The molecule has 0 radical (unpaired) electrons. The Balaban J connectivity index is 3.07. The summed E-state index contributed by atoms with van der Waals surface area (Å²) in [6.45, 7) is 0. The molecule has 3 heteroatoms. The van der Waals surface area contributed by atoms with E-state index in [2.05, 4.69) is 5.32 Å². The van der Waals surface area contributed by atoms with Crippen LogP contribution in [0.1, 0.15) is 0 Å². The lowest BCUT2D eigenvalue weighted by Crippen LogP contribution is -1.69. The van der Waals surface area contributed by atoms with Crippen molar-refractivity contribution in [3.8, 4) is 0 Å². The highest BCUT2D eigenvalue weighted by atomic mass is 35.5. The Morgan fingerprint density at radius 3 is 2.50 bits per heavy atom. The maximum atomic E-state index is 5.75. The molecule has 0 aliphatic carbocycles. The third kappa shape index (κ3) is 1.55. The highest BCUT2D eigenvalue weighted by molar-refractivity contribution is 6.36. The summed E-state index contributed by atoms with van der Waals surface area (Å²) in [5.74, 6) is 0. The molecular weight excluding hydrogens is 169 g/mol. The van der Waals surface area contributed by atoms with Gasteiger partial charge in [-0.2, -0.15) is 0 Å². The van der Waals surface area contributed by atoms with Gasteiger partial charge >= 0.3 is 0 Å². The molecule has 0 aliphatic heterocycles. The molecule has 0 saturated carbocycles. The van der Waals surface area contributed by atoms with Crippen LogP contribution in [-0.4, -0.2) is 7.05 Å². The molecule has 0 unspecified atom stereocenters. The van der Waals surface area contributed by atoms with Crippen LogP contribution in [-0.2, 0) is 0 Å². The molecule has 1 nitrogen and oxygen atoms in total. The van der Waals surface area contributed by atoms with E-state index < -0.39 is 0 Å². The summed E-state index contributed by atoms with van der Waals surface area (Å²) in [7, 11) is 1.69. The molecule has 0 fully saturated rings. The van der Waals surface area contributed by atoms with E-state index in [4.69, 9.17) is 23.2 Å². The van der Waals surface area contributed by atoms with Crippen LogP contribution in [0.2, 0.25) is 10.0 Å². The van der Waals surface area contributed by atoms with Crippen molar-refractivity contribution in [1.82, 2.24) is 0 Å². The molecular formula is C7H6Cl2N-. The largest absolute Gasteiger partial charge is 0.686 e. The predicted molar refractivity (Wildman–Crippen MR) is 45.4 cm³/mol. The van der Waals surface area contributed by atoms with E-state index in [1.807, 2.05) is 0 Å². The van der Waals surface area contributed by atoms with E-state index in [9.17, 15) is 0 Å². The third-order valence-electron chi connectivity index (χ3n) is 1.15. The van der Waals surface area contributed by atoms with Gasteiger partial charge in [0.25, 0.3) is 0 Å². The summed E-state index contributed by atoms with van der Waals surface area (Å²) in [4.78, 5) is 0. The number of nitrogens with zero attached hydrogens (tertiary/aromatic N) is 1. The summed E-state index contributed by atoms with van der Waals surface area (Å²) in [6.07, 6.45) is 0. The van der Waals surface area contributed by atoms with E-state index >= 15 is 0 Å². The lowest BCUT2D eigenvalue weighted by atomic mass is 10.3. The third-order valence-corrected chi connectivity index (χ3v) is 1.69. The van der Waals surface area contributed by atoms with Crippen molar-refractivity contribution < 1.29 is 0 Å². The van der Waals surface area contributed by atoms with Gasteiger partial charge in [-0.3, -0.25) is 0 Å². The lowest BCUT2D eigenvalue weighted by molar-refractivity contribution is 1.62. The summed E-state index contributed by atoms with van der Waals surface area (Å²) < 4.78 is 0. The van der Waals surface area contributed by atoms with Gasteiger partial charge < -0.3 is 5.32 Å². The summed E-state index contributed by atoms with van der Waals surface area (Å²) in [5, 5.41) is 5.15. The van der Waals surface area contributed by atoms with Crippen molar-refractivity contribution in [3.63, 3.8) is 0 Å². The van der Waals surface area contributed by atoms with Crippen LogP contribution in [0, 0.1) is 0 Å². The topological polar surface area (TPSA) is 14.1 Å². The van der Waals surface area contributed by atoms with Crippen molar-refractivity contribution in [3.05, 3.63) is 33.6 Å². The minimum atomic E-state index is 0.593. The Hall–Kier alpha value is -0.400. The van der Waals surface area contributed by atoms with Gasteiger partial charge in [0.15, 0.2) is 0 Å². The molecule has 1 rings (SSSR count). The average Bonchev–Trinajstić information content (AvgIpc) is 1.88. The molecule has 0 spiro atoms. The summed E-state index contributed by atoms with van der Waals surface area (Å²) in [6, 6.07) is 5.21. The van der Waals surface area contributed by atoms with Crippen LogP contribution in [0.5, 0.6) is 0 Å². The summed E-state index contributed by atoms with van der Waals surface area (Å²) >= 11 is 11.4. The van der Waals surface area contributed by atoms with Crippen LogP contribution in [0.4, 0.5) is 5.69 Å². The van der Waals surface area contributed by atoms with E-state index in [1.54, 1.807) is 25.2 Å². The first-order chi connectivity index (χ1) is 4.74. The molecule has 1 aromatic rings. The highest BCUT2D eigenvalue weighted by Gasteiger charge is 1.89. The Morgan fingerprint density at radius 2 is 2.00 bits per heavy atom. The van der Waals surface area contributed by atoms with Crippen molar-refractivity contribution in [2.24, 2.45) is 0 Å². The quantitative estimate of drug-likeness (QED) is 0.618. The van der Waals surface area contributed by atoms with Crippen LogP contribution < -0.4 is 0 Å². The standard InChI is InChI=1S/C7H6Cl2N/c1-10-7-3-2-5(8)4-6(7)9/h2-4H,1H3/q-1. The first-order valence-electron chi connectivity index (χ1n) is 2.79. The van der Waals surface area contributed by atoms with E-state index in [0.717, 1.165) is 5.69 Å². The minimum Gasteiger partial charge on any atom is -0.686 e. The molecule has 0 saturated heterocycles. The predicted octanol–water partition coefficient (Wildman–Crippen LogP) is 3.63. The number of hydrogen-bond acceptors (Lipinski definition) is 0. The first kappa shape index (κ1) is 7.70. The Morgan fingerprint density at radius 1 is 1.30 bits per heavy atom. The van der Waals surface area contributed by atoms with Crippen LogP contribution in [0.15, 0.2) is 18.2 Å². The second-order valence-corrected chi connectivity index (χ2v) is 2.66. The molecule has 0 bridgehead atoms. The number of hydrogen-bond donors (Lipinski definition) is 0. The van der Waals surface area contributed by atoms with Crippen LogP contribution in [0.25, 0.3) is 5.32 Å². The monoisotopic (exact) mass is 174 g/mol. The molecule has 0 amide bonds. The van der Waals surface area contributed by atoms with Gasteiger partial charge in [0.05, 0.1) is 0 Å². The zero-order valence-electron chi connectivity index (χ0n) is 5.44. The lowest BCUT2D eigenvalue weighted by Gasteiger charge is -2.14. The maximum absolute atomic E-state index is 5.75. The Bertz CT molecular complexity index is 235. The second kappa shape index (κ2) is 3.13. The molecule has 0 atom stereocenters. The fourth-order valence-electron chi connectivity index (χ4n) is 0.663. The summed E-state index contributed by atoms with van der Waals surface area (Å²) in [5.41, 5.74) is 0.770. The fourth-order valence-corrected chi connectivity index (χ4v) is 1.16. The van der Waals surface area contributed by atoms with Gasteiger partial charge in [-0.25, -0.2) is 0 Å². The van der Waals surface area contributed by atoms with Gasteiger partial charge in [-0.1, -0.05) is 29.3 Å². The number of benzene rings is 1. The van der Waals surface area contributed by atoms with Crippen molar-refractivity contribution >= 4 is 28.9 Å². The van der Waals surface area contributed by atoms with Crippen molar-refractivity contribution in [2.45, 2.75) is 0 Å². The molecule has 1 aromatic carbocycles. The van der Waals surface area contributed by atoms with Crippen LogP contribution in [0.3, 0.4) is 0 Å². The zero-order valence-corrected chi connectivity index (χ0v) is 6.95. The van der Waals surface area contributed by atoms with E-state index in [1.165, 1.54) is 0 Å². The SMILES string of the molecule is C[N-]c1ccc(Cl)cc1Cl. The Kier molecular flexibility index (Phi) is 2.41. The molecule has 0 heterocycles. The van der Waals surface area contributed by atoms with Gasteiger partial charge in [-0.15, -0.1) is 12.7 Å². The van der Waals surface area contributed by atoms with Crippen molar-refractivity contribution in [2.75, 3.05) is 7.05 Å². The average molecular weight is 175 g/mol. The minimum absolute atomic E-state index is 0.593. The number of halogens is 2. The molecule has 54 valence electrons. The zero-order chi connectivity index (χ0) is 7.56.